The largest absolute Gasteiger partial charge is 0.478 e. The van der Waals surface area contributed by atoms with Gasteiger partial charge in [-0.05, 0) is 12.1 Å². The second kappa shape index (κ2) is 4.18. The van der Waals surface area contributed by atoms with Crippen LogP contribution in [0.2, 0.25) is 0 Å². The second-order valence-corrected chi connectivity index (χ2v) is 3.83. The number of benzene rings is 1. The summed E-state index contributed by atoms with van der Waals surface area (Å²) in [7, 11) is 0. The van der Waals surface area contributed by atoms with E-state index in [0.29, 0.717) is 15.6 Å². The summed E-state index contributed by atoms with van der Waals surface area (Å²) >= 11 is 1.30. The number of nitrogens with one attached hydrogen (secondary N) is 1. The van der Waals surface area contributed by atoms with Crippen molar-refractivity contribution in [2.75, 3.05) is 0 Å². The van der Waals surface area contributed by atoms with Gasteiger partial charge in [-0.1, -0.05) is 23.9 Å². The van der Waals surface area contributed by atoms with Crippen LogP contribution in [0.4, 0.5) is 0 Å². The molecule has 0 aliphatic heterocycles. The van der Waals surface area contributed by atoms with E-state index >= 15 is 0 Å². The minimum Gasteiger partial charge on any atom is -0.478 e. The van der Waals surface area contributed by atoms with Gasteiger partial charge in [-0.25, -0.2) is 9.78 Å². The molecule has 0 fully saturated rings. The molecule has 0 amide bonds. The summed E-state index contributed by atoms with van der Waals surface area (Å²) < 4.78 is 0. The van der Waals surface area contributed by atoms with E-state index in [1.807, 2.05) is 0 Å². The van der Waals surface area contributed by atoms with E-state index in [4.69, 9.17) is 5.11 Å². The first kappa shape index (κ1) is 9.79. The number of hydrogen-bond donors (Lipinski definition) is 2. The Morgan fingerprint density at radius 2 is 2.20 bits per heavy atom. The van der Waals surface area contributed by atoms with E-state index in [1.54, 1.807) is 36.7 Å². The Hall–Kier alpha value is -1.75. The number of aromatic carboxylic acids is 1. The van der Waals surface area contributed by atoms with E-state index in [0.717, 1.165) is 0 Å². The molecule has 0 saturated heterocycles. The smallest absolute Gasteiger partial charge is 0.336 e. The molecule has 2 aromatic rings. The van der Waals surface area contributed by atoms with Gasteiger partial charge in [-0.3, -0.25) is 0 Å². The quantitative estimate of drug-likeness (QED) is 0.832. The van der Waals surface area contributed by atoms with Crippen molar-refractivity contribution in [1.29, 1.82) is 0 Å². The number of aromatic amines is 1. The number of carbonyl (C=O) groups is 1. The van der Waals surface area contributed by atoms with Gasteiger partial charge in [0.25, 0.3) is 0 Å². The second-order valence-electron chi connectivity index (χ2n) is 2.80. The van der Waals surface area contributed by atoms with Crippen LogP contribution in [0.3, 0.4) is 0 Å². The van der Waals surface area contributed by atoms with Crippen LogP contribution in [0.15, 0.2) is 46.7 Å². The van der Waals surface area contributed by atoms with E-state index in [9.17, 15) is 4.79 Å². The van der Waals surface area contributed by atoms with Crippen LogP contribution in [0.5, 0.6) is 0 Å². The van der Waals surface area contributed by atoms with Crippen molar-refractivity contribution >= 4 is 17.7 Å². The topological polar surface area (TPSA) is 66.0 Å². The first-order valence-corrected chi connectivity index (χ1v) is 5.08. The highest BCUT2D eigenvalue weighted by molar-refractivity contribution is 7.99. The molecule has 1 aromatic carbocycles. The first-order chi connectivity index (χ1) is 7.27. The molecule has 4 nitrogen and oxygen atoms in total. The molecule has 2 rings (SSSR count). The molecule has 0 radical (unpaired) electrons. The van der Waals surface area contributed by atoms with Gasteiger partial charge in [0.1, 0.15) is 0 Å². The standard InChI is InChI=1S/C10H8N2O2S/c13-9(14)7-3-1-2-4-8(7)15-10-11-5-6-12-10/h1-6H,(H,11,12)(H,13,14). The fraction of sp³-hybridized carbons (Fsp3) is 0. The van der Waals surface area contributed by atoms with Crippen molar-refractivity contribution in [2.24, 2.45) is 0 Å². The van der Waals surface area contributed by atoms with Gasteiger partial charge < -0.3 is 10.1 Å². The summed E-state index contributed by atoms with van der Waals surface area (Å²) in [5.74, 6) is -0.926. The Labute approximate surface area is 90.4 Å². The number of nitrogens with zero attached hydrogens (tertiary/aromatic N) is 1. The SMILES string of the molecule is O=C(O)c1ccccc1Sc1ncc[nH]1. The predicted octanol–water partition coefficient (Wildman–Crippen LogP) is 2.26. The number of aromatic nitrogens is 2. The monoisotopic (exact) mass is 220 g/mol. The maximum absolute atomic E-state index is 10.9. The molecule has 0 bridgehead atoms. The third-order valence-corrected chi connectivity index (χ3v) is 2.79. The van der Waals surface area contributed by atoms with Crippen LogP contribution in [0.25, 0.3) is 0 Å². The summed E-state index contributed by atoms with van der Waals surface area (Å²) in [5.41, 5.74) is 0.291. The minimum atomic E-state index is -0.926. The normalized spacial score (nSPS) is 10.1. The van der Waals surface area contributed by atoms with Gasteiger partial charge in [0.05, 0.1) is 5.56 Å². The molecule has 0 saturated carbocycles. The van der Waals surface area contributed by atoms with Crippen molar-refractivity contribution in [2.45, 2.75) is 10.1 Å². The molecular formula is C10H8N2O2S. The zero-order chi connectivity index (χ0) is 10.7. The molecule has 0 aliphatic carbocycles. The van der Waals surface area contributed by atoms with E-state index in [2.05, 4.69) is 9.97 Å². The summed E-state index contributed by atoms with van der Waals surface area (Å²) in [5, 5.41) is 9.63. The summed E-state index contributed by atoms with van der Waals surface area (Å²) in [6, 6.07) is 6.84. The van der Waals surface area contributed by atoms with Crippen molar-refractivity contribution < 1.29 is 9.90 Å². The minimum absolute atomic E-state index is 0.291. The highest BCUT2D eigenvalue weighted by Gasteiger charge is 2.10. The third-order valence-electron chi connectivity index (χ3n) is 1.80. The highest BCUT2D eigenvalue weighted by Crippen LogP contribution is 2.27. The van der Waals surface area contributed by atoms with E-state index < -0.39 is 5.97 Å². The van der Waals surface area contributed by atoms with E-state index in [-0.39, 0.29) is 0 Å². The number of carboxylic acid groups (broad SMARTS) is 1. The van der Waals surface area contributed by atoms with Crippen LogP contribution in [0, 0.1) is 0 Å². The average Bonchev–Trinajstić information content (AvgIpc) is 2.71. The van der Waals surface area contributed by atoms with Crippen molar-refractivity contribution in [3.05, 3.63) is 42.2 Å². The molecule has 5 heteroatoms. The molecule has 0 unspecified atom stereocenters. The van der Waals surface area contributed by atoms with Crippen molar-refractivity contribution in [3.63, 3.8) is 0 Å². The van der Waals surface area contributed by atoms with Gasteiger partial charge in [-0.15, -0.1) is 0 Å². The molecule has 0 aliphatic rings. The molecule has 1 aromatic heterocycles. The number of hydrogen-bond acceptors (Lipinski definition) is 3. The maximum Gasteiger partial charge on any atom is 0.336 e. The number of rotatable bonds is 3. The molecular weight excluding hydrogens is 212 g/mol. The van der Waals surface area contributed by atoms with Gasteiger partial charge >= 0.3 is 5.97 Å². The van der Waals surface area contributed by atoms with Crippen LogP contribution in [-0.2, 0) is 0 Å². The molecule has 76 valence electrons. The summed E-state index contributed by atoms with van der Waals surface area (Å²) in [6.45, 7) is 0. The lowest BCUT2D eigenvalue weighted by Gasteiger charge is -2.02. The third kappa shape index (κ3) is 2.19. The van der Waals surface area contributed by atoms with Crippen LogP contribution in [-0.4, -0.2) is 21.0 Å². The number of imidazole rings is 1. The zero-order valence-corrected chi connectivity index (χ0v) is 8.49. The Bertz CT molecular complexity index is 468. The summed E-state index contributed by atoms with van der Waals surface area (Å²) in [4.78, 5) is 18.5. The Morgan fingerprint density at radius 3 is 2.87 bits per heavy atom. The van der Waals surface area contributed by atoms with Gasteiger partial charge in [0, 0.05) is 17.3 Å². The maximum atomic E-state index is 10.9. The zero-order valence-electron chi connectivity index (χ0n) is 7.68. The lowest BCUT2D eigenvalue weighted by Crippen LogP contribution is -1.98. The van der Waals surface area contributed by atoms with Crippen molar-refractivity contribution in [3.8, 4) is 0 Å². The van der Waals surface area contributed by atoms with Crippen LogP contribution in [0.1, 0.15) is 10.4 Å². The Kier molecular flexibility index (Phi) is 2.73. The molecule has 15 heavy (non-hydrogen) atoms. The fourth-order valence-electron chi connectivity index (χ4n) is 1.14. The molecule has 0 atom stereocenters. The Balaban J connectivity index is 2.32. The lowest BCUT2D eigenvalue weighted by atomic mass is 10.2. The van der Waals surface area contributed by atoms with Gasteiger partial charge in [0.15, 0.2) is 5.16 Å². The average molecular weight is 220 g/mol. The molecule has 1 heterocycles. The lowest BCUT2D eigenvalue weighted by molar-refractivity contribution is 0.0693. The fourth-order valence-corrected chi connectivity index (χ4v) is 2.00. The van der Waals surface area contributed by atoms with E-state index in [1.165, 1.54) is 11.8 Å². The van der Waals surface area contributed by atoms with Crippen LogP contribution < -0.4 is 0 Å². The first-order valence-electron chi connectivity index (χ1n) is 4.27. The van der Waals surface area contributed by atoms with Gasteiger partial charge in [-0.2, -0.15) is 0 Å². The molecule has 2 N–H and O–H groups in total. The van der Waals surface area contributed by atoms with Crippen LogP contribution >= 0.6 is 11.8 Å². The molecule has 0 spiro atoms. The Morgan fingerprint density at radius 1 is 1.40 bits per heavy atom. The highest BCUT2D eigenvalue weighted by atomic mass is 32.2. The predicted molar refractivity (Wildman–Crippen MR) is 56.1 cm³/mol. The van der Waals surface area contributed by atoms with Gasteiger partial charge in [0.2, 0.25) is 0 Å². The number of carboxylic acids is 1. The number of H-pyrrole nitrogens is 1. The van der Waals surface area contributed by atoms with Crippen molar-refractivity contribution in [1.82, 2.24) is 9.97 Å². The summed E-state index contributed by atoms with van der Waals surface area (Å²) in [6.07, 6.45) is 3.33.